The summed E-state index contributed by atoms with van der Waals surface area (Å²) in [4.78, 5) is 0. The molecule has 1 aromatic rings. The molecule has 0 fully saturated rings. The number of hydrogen-bond donors (Lipinski definition) is 0. The Labute approximate surface area is 79.7 Å². The number of rotatable bonds is 3. The second kappa shape index (κ2) is 4.50. The Hall–Kier alpha value is -0.510. The molecule has 1 atom stereocenters. The summed E-state index contributed by atoms with van der Waals surface area (Å²) in [7, 11) is 0. The van der Waals surface area contributed by atoms with Crippen LogP contribution in [0.4, 0.5) is 0 Å². The van der Waals surface area contributed by atoms with Crippen LogP contribution in [-0.4, -0.2) is 6.61 Å². The minimum atomic E-state index is -0.524. The van der Waals surface area contributed by atoms with Crippen molar-refractivity contribution in [1.82, 2.24) is 0 Å². The quantitative estimate of drug-likeness (QED) is 0.693. The van der Waals surface area contributed by atoms with Crippen molar-refractivity contribution in [2.24, 2.45) is 0 Å². The molecule has 0 amide bonds. The molecule has 2 nitrogen and oxygen atoms in total. The molecule has 0 aromatic heterocycles. The smallest absolute Gasteiger partial charge is 0.230 e. The Morgan fingerprint density at radius 3 is 2.75 bits per heavy atom. The third-order valence-electron chi connectivity index (χ3n) is 1.49. The highest BCUT2D eigenvalue weighted by atomic mass is 35.5. The first kappa shape index (κ1) is 9.58. The molecule has 0 spiro atoms. The van der Waals surface area contributed by atoms with Crippen LogP contribution in [0.1, 0.15) is 10.8 Å². The highest BCUT2D eigenvalue weighted by molar-refractivity contribution is 7.65. The third-order valence-corrected chi connectivity index (χ3v) is 2.36. The molecule has 1 radical (unpaired) electrons. The van der Waals surface area contributed by atoms with Gasteiger partial charge >= 0.3 is 11.7 Å². The van der Waals surface area contributed by atoms with Crippen LogP contribution in [0, 0.1) is 0 Å². The SMILES string of the molecule is [O]CC([S+]=O)c1cccc(Cl)c1. The summed E-state index contributed by atoms with van der Waals surface area (Å²) in [6.07, 6.45) is 0. The lowest BCUT2D eigenvalue weighted by Crippen LogP contribution is -2.00. The van der Waals surface area contributed by atoms with Crippen LogP contribution in [0.3, 0.4) is 0 Å². The van der Waals surface area contributed by atoms with Gasteiger partial charge in [-0.05, 0) is 12.1 Å². The Kier molecular flexibility index (Phi) is 3.59. The van der Waals surface area contributed by atoms with E-state index < -0.39 is 11.9 Å². The first-order valence-corrected chi connectivity index (χ1v) is 4.58. The maximum Gasteiger partial charge on any atom is 0.469 e. The van der Waals surface area contributed by atoms with Crippen LogP contribution in [0.25, 0.3) is 0 Å². The lowest BCUT2D eigenvalue weighted by atomic mass is 10.1. The average Bonchev–Trinajstić information content (AvgIpc) is 2.07. The van der Waals surface area contributed by atoms with Gasteiger partial charge in [-0.1, -0.05) is 23.7 Å². The fraction of sp³-hybridized carbons (Fsp3) is 0.250. The number of hydrogen-bond acceptors (Lipinski definition) is 1. The summed E-state index contributed by atoms with van der Waals surface area (Å²) in [5.74, 6) is 0. The largest absolute Gasteiger partial charge is 0.469 e. The molecule has 0 saturated carbocycles. The molecule has 0 heterocycles. The van der Waals surface area contributed by atoms with Crippen LogP contribution < -0.4 is 0 Å². The number of benzene rings is 1. The van der Waals surface area contributed by atoms with Gasteiger partial charge < -0.3 is 0 Å². The first-order chi connectivity index (χ1) is 5.77. The minimum Gasteiger partial charge on any atom is -0.230 e. The Balaban J connectivity index is 2.93. The van der Waals surface area contributed by atoms with E-state index in [-0.39, 0.29) is 0 Å². The van der Waals surface area contributed by atoms with Crippen LogP contribution in [0.2, 0.25) is 5.02 Å². The zero-order valence-electron chi connectivity index (χ0n) is 6.20. The topological polar surface area (TPSA) is 37.0 Å². The van der Waals surface area contributed by atoms with E-state index in [1.54, 1.807) is 24.3 Å². The summed E-state index contributed by atoms with van der Waals surface area (Å²) in [6.45, 7) is -0.408. The van der Waals surface area contributed by atoms with E-state index in [9.17, 15) is 9.32 Å². The van der Waals surface area contributed by atoms with Gasteiger partial charge in [0.2, 0.25) is 0 Å². The van der Waals surface area contributed by atoms with E-state index in [4.69, 9.17) is 11.6 Å². The second-order valence-corrected chi connectivity index (χ2v) is 3.50. The summed E-state index contributed by atoms with van der Waals surface area (Å²) >= 11 is 6.00. The van der Waals surface area contributed by atoms with Gasteiger partial charge in [0.1, 0.15) is 6.61 Å². The monoisotopic (exact) mass is 202 g/mol. The Morgan fingerprint density at radius 2 is 2.25 bits per heavy atom. The maximum atomic E-state index is 10.5. The van der Waals surface area contributed by atoms with E-state index in [0.29, 0.717) is 22.3 Å². The van der Waals surface area contributed by atoms with Crippen LogP contribution >= 0.6 is 11.6 Å². The molecule has 0 N–H and O–H groups in total. The van der Waals surface area contributed by atoms with Crippen molar-refractivity contribution in [3.8, 4) is 0 Å². The predicted octanol–water partition coefficient (Wildman–Crippen LogP) is 2.24. The second-order valence-electron chi connectivity index (χ2n) is 2.31. The molecule has 1 unspecified atom stereocenters. The molecule has 1 aromatic carbocycles. The van der Waals surface area contributed by atoms with E-state index in [1.165, 1.54) is 0 Å². The Bertz CT molecular complexity index is 278. The summed E-state index contributed by atoms with van der Waals surface area (Å²) in [5.41, 5.74) is 0.706. The average molecular weight is 203 g/mol. The van der Waals surface area contributed by atoms with Crippen molar-refractivity contribution < 1.29 is 9.32 Å². The zero-order chi connectivity index (χ0) is 8.97. The van der Waals surface area contributed by atoms with E-state index in [0.717, 1.165) is 0 Å². The van der Waals surface area contributed by atoms with Gasteiger partial charge in [-0.25, -0.2) is 5.11 Å². The van der Waals surface area contributed by atoms with E-state index >= 15 is 0 Å². The van der Waals surface area contributed by atoms with Gasteiger partial charge in [-0.15, -0.1) is 0 Å². The highest BCUT2D eigenvalue weighted by Gasteiger charge is 2.23. The predicted molar refractivity (Wildman–Crippen MR) is 47.8 cm³/mol. The lowest BCUT2D eigenvalue weighted by Gasteiger charge is -1.96. The van der Waals surface area contributed by atoms with Crippen molar-refractivity contribution in [3.05, 3.63) is 34.9 Å². The fourth-order valence-corrected chi connectivity index (χ4v) is 1.40. The van der Waals surface area contributed by atoms with Crippen LogP contribution in [0.5, 0.6) is 0 Å². The first-order valence-electron chi connectivity index (χ1n) is 3.40. The fourth-order valence-electron chi connectivity index (χ4n) is 0.886. The molecule has 0 bridgehead atoms. The van der Waals surface area contributed by atoms with Crippen LogP contribution in [0.15, 0.2) is 24.3 Å². The van der Waals surface area contributed by atoms with Crippen molar-refractivity contribution in [2.45, 2.75) is 5.25 Å². The van der Waals surface area contributed by atoms with Gasteiger partial charge in [0, 0.05) is 14.8 Å². The van der Waals surface area contributed by atoms with Gasteiger partial charge in [-0.2, -0.15) is 0 Å². The van der Waals surface area contributed by atoms with Gasteiger partial charge in [-0.3, -0.25) is 0 Å². The van der Waals surface area contributed by atoms with Crippen LogP contribution in [-0.2, 0) is 21.0 Å². The molecule has 0 aliphatic rings. The molecule has 4 heteroatoms. The summed E-state index contributed by atoms with van der Waals surface area (Å²) < 4.78 is 10.4. The van der Waals surface area contributed by atoms with Gasteiger partial charge in [0.05, 0.1) is 0 Å². The molecule has 1 rings (SSSR count). The maximum absolute atomic E-state index is 10.5. The normalized spacial score (nSPS) is 12.5. The van der Waals surface area contributed by atoms with Crippen molar-refractivity contribution in [1.29, 1.82) is 0 Å². The summed E-state index contributed by atoms with van der Waals surface area (Å²) in [6, 6.07) is 6.83. The van der Waals surface area contributed by atoms with Crippen molar-refractivity contribution in [2.75, 3.05) is 6.61 Å². The molecule has 0 aliphatic carbocycles. The van der Waals surface area contributed by atoms with Gasteiger partial charge in [0.15, 0.2) is 0 Å². The standard InChI is InChI=1S/C8H7ClO2S/c9-7-3-1-2-6(4-7)8(5-10)12-11/h1-4,8H,5H2/q+1. The zero-order valence-corrected chi connectivity index (χ0v) is 7.77. The minimum absolute atomic E-state index is 0.311. The molecular formula is C8H7ClO2S+. The molecule has 0 aliphatic heterocycles. The Morgan fingerprint density at radius 1 is 1.50 bits per heavy atom. The van der Waals surface area contributed by atoms with Gasteiger partial charge in [0.25, 0.3) is 5.25 Å². The highest BCUT2D eigenvalue weighted by Crippen LogP contribution is 2.18. The van der Waals surface area contributed by atoms with Crippen molar-refractivity contribution >= 4 is 23.3 Å². The molecule has 12 heavy (non-hydrogen) atoms. The lowest BCUT2D eigenvalue weighted by molar-refractivity contribution is 0.194. The number of halogens is 1. The van der Waals surface area contributed by atoms with E-state index in [1.807, 2.05) is 0 Å². The molecule has 0 saturated heterocycles. The molecule has 63 valence electrons. The summed E-state index contributed by atoms with van der Waals surface area (Å²) in [5, 5.41) is 10.5. The van der Waals surface area contributed by atoms with E-state index in [2.05, 4.69) is 0 Å². The third kappa shape index (κ3) is 2.24. The van der Waals surface area contributed by atoms with Crippen molar-refractivity contribution in [3.63, 3.8) is 0 Å². The molecular weight excluding hydrogens is 196 g/mol.